The summed E-state index contributed by atoms with van der Waals surface area (Å²) in [5, 5.41) is 4.15. The highest BCUT2D eigenvalue weighted by Gasteiger charge is 2.14. The first kappa shape index (κ1) is 20.5. The number of benzene rings is 3. The van der Waals surface area contributed by atoms with Gasteiger partial charge in [0.1, 0.15) is 0 Å². The molecule has 0 radical (unpaired) electrons. The molecule has 32 heavy (non-hydrogen) atoms. The average Bonchev–Trinajstić information content (AvgIpc) is 2.85. The number of hydrogen-bond donors (Lipinski definition) is 2. The Morgan fingerprint density at radius 2 is 1.88 bits per heavy atom. The Labute approximate surface area is 192 Å². The van der Waals surface area contributed by atoms with Crippen molar-refractivity contribution in [1.29, 1.82) is 0 Å². The van der Waals surface area contributed by atoms with Crippen molar-refractivity contribution in [1.82, 2.24) is 9.71 Å². The Balaban J connectivity index is 1.35. The standard InChI is InChI=1S/C26H24N4OS/c1-18-7-11-21(17-23(18)25-14-10-19-5-2-3-6-24(19)29-25)28-26(31)20-8-12-22(13-9-20)30-16-4-15-27-32-30/h2-3,5-14,17,27H,4,15-16H2,1H3,(H,28,31). The molecule has 0 aliphatic carbocycles. The maximum absolute atomic E-state index is 12.9. The number of carbonyl (C=O) groups excluding carboxylic acids is 1. The molecule has 1 aliphatic heterocycles. The molecule has 2 heterocycles. The highest BCUT2D eigenvalue weighted by Crippen LogP contribution is 2.28. The molecular weight excluding hydrogens is 416 g/mol. The van der Waals surface area contributed by atoms with E-state index < -0.39 is 0 Å². The van der Waals surface area contributed by atoms with Crippen LogP contribution in [-0.2, 0) is 0 Å². The number of nitrogens with one attached hydrogen (secondary N) is 2. The summed E-state index contributed by atoms with van der Waals surface area (Å²) in [6, 6.07) is 25.9. The average molecular weight is 441 g/mol. The quantitative estimate of drug-likeness (QED) is 0.391. The van der Waals surface area contributed by atoms with Gasteiger partial charge in [-0.05, 0) is 67.4 Å². The van der Waals surface area contributed by atoms with Crippen molar-refractivity contribution < 1.29 is 4.79 Å². The Kier molecular flexibility index (Phi) is 5.79. The van der Waals surface area contributed by atoms with Crippen LogP contribution in [0.25, 0.3) is 22.2 Å². The number of aryl methyl sites for hydroxylation is 1. The molecular formula is C26H24N4OS. The Morgan fingerprint density at radius 3 is 2.69 bits per heavy atom. The third-order valence-corrected chi connectivity index (χ3v) is 6.55. The van der Waals surface area contributed by atoms with E-state index >= 15 is 0 Å². The van der Waals surface area contributed by atoms with Gasteiger partial charge < -0.3 is 9.62 Å². The normalized spacial score (nSPS) is 13.8. The van der Waals surface area contributed by atoms with Crippen molar-refractivity contribution in [2.24, 2.45) is 0 Å². The van der Waals surface area contributed by atoms with Crippen molar-refractivity contribution in [2.75, 3.05) is 22.7 Å². The molecule has 4 aromatic rings. The lowest BCUT2D eigenvalue weighted by Crippen LogP contribution is -2.29. The van der Waals surface area contributed by atoms with E-state index in [1.54, 1.807) is 12.1 Å². The number of pyridine rings is 1. The lowest BCUT2D eigenvalue weighted by molar-refractivity contribution is 0.102. The van der Waals surface area contributed by atoms with E-state index in [0.717, 1.165) is 58.6 Å². The summed E-state index contributed by atoms with van der Waals surface area (Å²) >= 11 is 1.61. The highest BCUT2D eigenvalue weighted by atomic mass is 32.2. The largest absolute Gasteiger partial charge is 0.322 e. The number of fused-ring (bicyclic) bond motifs is 1. The summed E-state index contributed by atoms with van der Waals surface area (Å²) in [6.45, 7) is 4.08. The fraction of sp³-hybridized carbons (Fsp3) is 0.154. The van der Waals surface area contributed by atoms with Gasteiger partial charge in [0, 0.05) is 53.1 Å². The van der Waals surface area contributed by atoms with Gasteiger partial charge in [0.05, 0.1) is 11.2 Å². The molecule has 0 saturated carbocycles. The summed E-state index contributed by atoms with van der Waals surface area (Å²) in [4.78, 5) is 17.7. The fourth-order valence-electron chi connectivity index (χ4n) is 3.82. The second-order valence-electron chi connectivity index (χ2n) is 7.86. The van der Waals surface area contributed by atoms with Gasteiger partial charge in [0.15, 0.2) is 0 Å². The summed E-state index contributed by atoms with van der Waals surface area (Å²) in [7, 11) is 0. The molecule has 6 heteroatoms. The molecule has 0 bridgehead atoms. The number of carbonyl (C=O) groups is 1. The molecule has 0 unspecified atom stereocenters. The van der Waals surface area contributed by atoms with Gasteiger partial charge in [0.2, 0.25) is 0 Å². The van der Waals surface area contributed by atoms with Crippen molar-refractivity contribution in [3.8, 4) is 11.3 Å². The first-order valence-corrected chi connectivity index (χ1v) is 11.5. The van der Waals surface area contributed by atoms with Crippen LogP contribution in [0.4, 0.5) is 11.4 Å². The number of hydrogen-bond acceptors (Lipinski definition) is 5. The zero-order valence-electron chi connectivity index (χ0n) is 17.8. The van der Waals surface area contributed by atoms with E-state index in [2.05, 4.69) is 33.4 Å². The van der Waals surface area contributed by atoms with Gasteiger partial charge in [-0.3, -0.25) is 4.79 Å². The second-order valence-corrected chi connectivity index (χ2v) is 8.77. The molecule has 2 N–H and O–H groups in total. The maximum atomic E-state index is 12.9. The number of nitrogens with zero attached hydrogens (tertiary/aromatic N) is 2. The Bertz CT molecular complexity index is 1270. The first-order chi connectivity index (χ1) is 15.7. The molecule has 0 atom stereocenters. The topological polar surface area (TPSA) is 57.3 Å². The molecule has 5 nitrogen and oxygen atoms in total. The molecule has 1 aromatic heterocycles. The number of rotatable bonds is 4. The minimum absolute atomic E-state index is 0.123. The second kappa shape index (κ2) is 9.02. The number of anilines is 2. The SMILES string of the molecule is Cc1ccc(NC(=O)c2ccc(N3CCCNS3)cc2)cc1-c1ccc2ccccc2n1. The minimum atomic E-state index is -0.123. The monoisotopic (exact) mass is 440 g/mol. The van der Waals surface area contributed by atoms with Gasteiger partial charge in [-0.2, -0.15) is 0 Å². The van der Waals surface area contributed by atoms with E-state index in [9.17, 15) is 4.79 Å². The summed E-state index contributed by atoms with van der Waals surface area (Å²) < 4.78 is 5.50. The predicted molar refractivity (Wildman–Crippen MR) is 134 cm³/mol. The lowest BCUT2D eigenvalue weighted by atomic mass is 10.0. The van der Waals surface area contributed by atoms with Crippen LogP contribution in [0, 0.1) is 6.92 Å². The predicted octanol–water partition coefficient (Wildman–Crippen LogP) is 5.83. The summed E-state index contributed by atoms with van der Waals surface area (Å²) in [5.41, 5.74) is 6.47. The van der Waals surface area contributed by atoms with E-state index in [-0.39, 0.29) is 5.91 Å². The fourth-order valence-corrected chi connectivity index (χ4v) is 4.66. The van der Waals surface area contributed by atoms with Gasteiger partial charge in [0.25, 0.3) is 5.91 Å². The molecule has 5 rings (SSSR count). The molecule has 160 valence electrons. The zero-order valence-corrected chi connectivity index (χ0v) is 18.7. The zero-order chi connectivity index (χ0) is 21.9. The van der Waals surface area contributed by atoms with Crippen LogP contribution < -0.4 is 14.3 Å². The third-order valence-electron chi connectivity index (χ3n) is 5.60. The van der Waals surface area contributed by atoms with Gasteiger partial charge in [-0.15, -0.1) is 0 Å². The van der Waals surface area contributed by atoms with Crippen LogP contribution in [0.15, 0.2) is 78.9 Å². The molecule has 1 amide bonds. The maximum Gasteiger partial charge on any atom is 0.255 e. The van der Waals surface area contributed by atoms with Crippen molar-refractivity contribution in [3.63, 3.8) is 0 Å². The van der Waals surface area contributed by atoms with E-state index in [1.165, 1.54) is 0 Å². The summed E-state index contributed by atoms with van der Waals surface area (Å²) in [6.07, 6.45) is 1.11. The summed E-state index contributed by atoms with van der Waals surface area (Å²) in [5.74, 6) is -0.123. The Hall–Kier alpha value is -3.35. The minimum Gasteiger partial charge on any atom is -0.322 e. The molecule has 1 fully saturated rings. The molecule has 1 aliphatic rings. The van der Waals surface area contributed by atoms with Gasteiger partial charge >= 0.3 is 0 Å². The highest BCUT2D eigenvalue weighted by molar-refractivity contribution is 7.98. The lowest BCUT2D eigenvalue weighted by Gasteiger charge is -2.27. The van der Waals surface area contributed by atoms with Crippen LogP contribution in [-0.4, -0.2) is 24.0 Å². The van der Waals surface area contributed by atoms with Crippen LogP contribution in [0.3, 0.4) is 0 Å². The van der Waals surface area contributed by atoms with E-state index in [1.807, 2.05) is 66.7 Å². The molecule has 0 spiro atoms. The molecule has 3 aromatic carbocycles. The Morgan fingerprint density at radius 1 is 1.03 bits per heavy atom. The van der Waals surface area contributed by atoms with Crippen LogP contribution in [0.2, 0.25) is 0 Å². The number of aromatic nitrogens is 1. The van der Waals surface area contributed by atoms with Crippen LogP contribution >= 0.6 is 12.1 Å². The van der Waals surface area contributed by atoms with Gasteiger partial charge in [-0.1, -0.05) is 30.3 Å². The first-order valence-electron chi connectivity index (χ1n) is 10.7. The van der Waals surface area contributed by atoms with Gasteiger partial charge in [-0.25, -0.2) is 9.71 Å². The van der Waals surface area contributed by atoms with Crippen molar-refractivity contribution >= 4 is 40.3 Å². The van der Waals surface area contributed by atoms with Crippen LogP contribution in [0.5, 0.6) is 0 Å². The van der Waals surface area contributed by atoms with E-state index in [4.69, 9.17) is 4.98 Å². The molecule has 1 saturated heterocycles. The smallest absolute Gasteiger partial charge is 0.255 e. The van der Waals surface area contributed by atoms with Crippen molar-refractivity contribution in [2.45, 2.75) is 13.3 Å². The van der Waals surface area contributed by atoms with Crippen molar-refractivity contribution in [3.05, 3.63) is 90.0 Å². The number of para-hydroxylation sites is 1. The van der Waals surface area contributed by atoms with E-state index in [0.29, 0.717) is 5.56 Å². The third kappa shape index (κ3) is 4.33. The number of amides is 1. The van der Waals surface area contributed by atoms with Crippen LogP contribution in [0.1, 0.15) is 22.3 Å².